The van der Waals surface area contributed by atoms with E-state index < -0.39 is 28.0 Å². The number of carbonyl (C=O) groups excluding carboxylic acids is 1. The number of hydrogen-bond acceptors (Lipinski definition) is 4. The average molecular weight is 652 g/mol. The van der Waals surface area contributed by atoms with Crippen LogP contribution in [-0.2, 0) is 14.9 Å². The molecule has 0 aliphatic heterocycles. The number of hydrogen-bond donors (Lipinski definition) is 3. The lowest BCUT2D eigenvalue weighted by Gasteiger charge is -2.21. The lowest BCUT2D eigenvalue weighted by molar-refractivity contribution is -0.122. The maximum absolute atomic E-state index is 12.4. The van der Waals surface area contributed by atoms with E-state index in [1.165, 1.54) is 83.1 Å². The number of nitrogens with one attached hydrogen (secondary N) is 1. The number of aliphatic hydroxyl groups excluding tert-OH is 1. The molecule has 1 amide bonds. The number of carbonyl (C=O) groups is 1. The molecular formula is C38H69NO5S. The highest BCUT2D eigenvalue weighted by Crippen LogP contribution is 2.11. The molecule has 7 heteroatoms. The van der Waals surface area contributed by atoms with Crippen molar-refractivity contribution in [2.45, 2.75) is 180 Å². The zero-order chi connectivity index (χ0) is 33.3. The third-order valence-electron chi connectivity index (χ3n) is 7.96. The lowest BCUT2D eigenvalue weighted by atomic mass is 10.1. The minimum atomic E-state index is -4.36. The van der Waals surface area contributed by atoms with Crippen molar-refractivity contribution in [1.29, 1.82) is 0 Å². The normalized spacial score (nSPS) is 14.0. The van der Waals surface area contributed by atoms with Crippen molar-refractivity contribution < 1.29 is 22.9 Å². The third kappa shape index (κ3) is 33.5. The van der Waals surface area contributed by atoms with Gasteiger partial charge in [-0.3, -0.25) is 9.35 Å². The molecule has 0 bridgehead atoms. The van der Waals surface area contributed by atoms with E-state index in [2.05, 4.69) is 55.6 Å². The molecule has 0 radical (unpaired) electrons. The van der Waals surface area contributed by atoms with E-state index in [-0.39, 0.29) is 12.3 Å². The molecule has 0 heterocycles. The second-order valence-electron chi connectivity index (χ2n) is 12.5. The van der Waals surface area contributed by atoms with Gasteiger partial charge in [0.1, 0.15) is 0 Å². The summed E-state index contributed by atoms with van der Waals surface area (Å²) >= 11 is 0. The van der Waals surface area contributed by atoms with Gasteiger partial charge in [-0.15, -0.1) is 0 Å². The number of allylic oxidation sites excluding steroid dienone is 7. The summed E-state index contributed by atoms with van der Waals surface area (Å²) in [4.78, 5) is 12.4. The highest BCUT2D eigenvalue weighted by atomic mass is 32.2. The van der Waals surface area contributed by atoms with Crippen molar-refractivity contribution in [2.75, 3.05) is 5.75 Å². The fourth-order valence-corrected chi connectivity index (χ4v) is 5.91. The van der Waals surface area contributed by atoms with Gasteiger partial charge >= 0.3 is 0 Å². The molecule has 0 rings (SSSR count). The lowest BCUT2D eigenvalue weighted by Crippen LogP contribution is -2.46. The summed E-state index contributed by atoms with van der Waals surface area (Å²) in [6, 6.07) is -1.08. The molecule has 0 aliphatic carbocycles. The van der Waals surface area contributed by atoms with Crippen molar-refractivity contribution in [2.24, 2.45) is 0 Å². The average Bonchev–Trinajstić information content (AvgIpc) is 3.00. The van der Waals surface area contributed by atoms with Crippen molar-refractivity contribution >= 4 is 16.0 Å². The van der Waals surface area contributed by atoms with Gasteiger partial charge in [0, 0.05) is 6.42 Å². The first kappa shape index (κ1) is 43.3. The Morgan fingerprint density at radius 3 is 1.40 bits per heavy atom. The maximum atomic E-state index is 12.4. The molecule has 2 atom stereocenters. The molecule has 0 saturated carbocycles. The molecule has 0 aromatic rings. The van der Waals surface area contributed by atoms with Crippen LogP contribution in [0, 0.1) is 0 Å². The summed E-state index contributed by atoms with van der Waals surface area (Å²) in [7, 11) is -4.36. The summed E-state index contributed by atoms with van der Waals surface area (Å²) in [6.07, 6.45) is 42.3. The molecule has 45 heavy (non-hydrogen) atoms. The van der Waals surface area contributed by atoms with Crippen LogP contribution < -0.4 is 5.32 Å². The Bertz CT molecular complexity index is 894. The molecule has 3 N–H and O–H groups in total. The van der Waals surface area contributed by atoms with Crippen LogP contribution in [0.2, 0.25) is 0 Å². The van der Waals surface area contributed by atoms with Gasteiger partial charge in [-0.2, -0.15) is 8.42 Å². The van der Waals surface area contributed by atoms with Crippen LogP contribution in [0.15, 0.2) is 48.6 Å². The first-order valence-electron chi connectivity index (χ1n) is 18.3. The Balaban J connectivity index is 4.10. The van der Waals surface area contributed by atoms with Crippen LogP contribution in [0.1, 0.15) is 168 Å². The second kappa shape index (κ2) is 32.2. The van der Waals surface area contributed by atoms with E-state index in [1.807, 2.05) is 0 Å². The summed E-state index contributed by atoms with van der Waals surface area (Å²) in [5, 5.41) is 13.1. The Morgan fingerprint density at radius 1 is 0.578 bits per heavy atom. The van der Waals surface area contributed by atoms with Crippen LogP contribution in [0.3, 0.4) is 0 Å². The summed E-state index contributed by atoms with van der Waals surface area (Å²) in [5.74, 6) is -1.02. The molecule has 0 aliphatic rings. The van der Waals surface area contributed by atoms with Gasteiger partial charge in [-0.05, 0) is 70.6 Å². The molecule has 0 fully saturated rings. The van der Waals surface area contributed by atoms with Gasteiger partial charge in [0.2, 0.25) is 5.91 Å². The van der Waals surface area contributed by atoms with E-state index in [1.54, 1.807) is 6.08 Å². The van der Waals surface area contributed by atoms with Gasteiger partial charge in [-0.1, -0.05) is 140 Å². The van der Waals surface area contributed by atoms with E-state index in [0.717, 1.165) is 57.8 Å². The first-order chi connectivity index (χ1) is 21.8. The maximum Gasteiger partial charge on any atom is 0.267 e. The minimum Gasteiger partial charge on any atom is -0.387 e. The Morgan fingerprint density at radius 2 is 0.956 bits per heavy atom. The fraction of sp³-hybridized carbons (Fsp3) is 0.763. The minimum absolute atomic E-state index is 0.273. The van der Waals surface area contributed by atoms with Gasteiger partial charge in [0.05, 0.1) is 17.9 Å². The van der Waals surface area contributed by atoms with Crippen LogP contribution >= 0.6 is 0 Å². The van der Waals surface area contributed by atoms with Gasteiger partial charge in [-0.25, -0.2) is 0 Å². The second-order valence-corrected chi connectivity index (χ2v) is 14.0. The predicted octanol–water partition coefficient (Wildman–Crippen LogP) is 10.3. The van der Waals surface area contributed by atoms with Crippen molar-refractivity contribution in [3.63, 3.8) is 0 Å². The number of amides is 1. The Labute approximate surface area is 278 Å². The van der Waals surface area contributed by atoms with E-state index in [9.17, 15) is 22.9 Å². The summed E-state index contributed by atoms with van der Waals surface area (Å²) < 4.78 is 32.3. The van der Waals surface area contributed by atoms with Gasteiger partial charge < -0.3 is 10.4 Å². The number of unbranched alkanes of at least 4 members (excludes halogenated alkanes) is 18. The van der Waals surface area contributed by atoms with E-state index in [0.29, 0.717) is 12.8 Å². The zero-order valence-corrected chi connectivity index (χ0v) is 29.8. The Kier molecular flexibility index (Phi) is 31.0. The SMILES string of the molecule is CCCCCCC/C=C/CC/C=C/CC/C=C/C(O)C(CS(=O)(=O)O)NC(=O)CCCCCCC/C=C\CCCCCCCC. The van der Waals surface area contributed by atoms with Crippen LogP contribution in [-0.4, -0.2) is 41.9 Å². The highest BCUT2D eigenvalue weighted by molar-refractivity contribution is 7.85. The van der Waals surface area contributed by atoms with Crippen LogP contribution in [0.25, 0.3) is 0 Å². The first-order valence-corrected chi connectivity index (χ1v) is 19.9. The van der Waals surface area contributed by atoms with Crippen LogP contribution in [0.4, 0.5) is 0 Å². The largest absolute Gasteiger partial charge is 0.387 e. The molecule has 2 unspecified atom stereocenters. The van der Waals surface area contributed by atoms with E-state index in [4.69, 9.17) is 0 Å². The fourth-order valence-electron chi connectivity index (χ4n) is 5.18. The highest BCUT2D eigenvalue weighted by Gasteiger charge is 2.24. The zero-order valence-electron chi connectivity index (χ0n) is 29.0. The van der Waals surface area contributed by atoms with Crippen LogP contribution in [0.5, 0.6) is 0 Å². The standard InChI is InChI=1S/C38H69NO5S/c1-3-5-7-9-11-13-15-17-19-21-23-25-27-29-31-33-37(40)36(35-45(42,43)44)39-38(41)34-32-30-28-26-24-22-20-18-16-14-12-10-8-6-4-2/h15,17-18,20,23,25,31,33,36-37,40H,3-14,16,19,21-22,24,26-30,32,34-35H2,1-2H3,(H,39,41)(H,42,43,44)/b17-15+,20-18-,25-23+,33-31+. The summed E-state index contributed by atoms with van der Waals surface area (Å²) in [6.45, 7) is 4.48. The van der Waals surface area contributed by atoms with Gasteiger partial charge in [0.25, 0.3) is 10.1 Å². The van der Waals surface area contributed by atoms with Crippen molar-refractivity contribution in [3.8, 4) is 0 Å². The molecule has 0 aromatic carbocycles. The molecule has 0 spiro atoms. The number of rotatable bonds is 32. The summed E-state index contributed by atoms with van der Waals surface area (Å²) in [5.41, 5.74) is 0. The smallest absolute Gasteiger partial charge is 0.267 e. The third-order valence-corrected chi connectivity index (χ3v) is 8.74. The molecule has 0 saturated heterocycles. The molecule has 262 valence electrons. The molecular weight excluding hydrogens is 582 g/mol. The quantitative estimate of drug-likeness (QED) is 0.0381. The van der Waals surface area contributed by atoms with Gasteiger partial charge in [0.15, 0.2) is 0 Å². The van der Waals surface area contributed by atoms with Crippen molar-refractivity contribution in [1.82, 2.24) is 5.32 Å². The van der Waals surface area contributed by atoms with E-state index >= 15 is 0 Å². The Hall–Kier alpha value is -1.70. The van der Waals surface area contributed by atoms with Crippen molar-refractivity contribution in [3.05, 3.63) is 48.6 Å². The predicted molar refractivity (Wildman–Crippen MR) is 193 cm³/mol. The number of aliphatic hydroxyl groups is 1. The monoisotopic (exact) mass is 651 g/mol. The molecule has 0 aromatic heterocycles. The topological polar surface area (TPSA) is 104 Å². The molecule has 6 nitrogen and oxygen atoms in total.